The molecule has 0 aliphatic rings. The lowest BCUT2D eigenvalue weighted by Gasteiger charge is -2.17. The summed E-state index contributed by atoms with van der Waals surface area (Å²) in [7, 11) is 1.64. The lowest BCUT2D eigenvalue weighted by atomic mass is 9.96. The second kappa shape index (κ2) is 10.4. The summed E-state index contributed by atoms with van der Waals surface area (Å²) in [6, 6.07) is 23.8. The van der Waals surface area contributed by atoms with E-state index in [1.54, 1.807) is 7.11 Å². The third-order valence-electron chi connectivity index (χ3n) is 6.35. The monoisotopic (exact) mass is 516 g/mol. The fourth-order valence-electron chi connectivity index (χ4n) is 4.02. The highest BCUT2D eigenvalue weighted by atomic mass is 79.9. The van der Waals surface area contributed by atoms with Crippen LogP contribution in [0.4, 0.5) is 0 Å². The molecule has 4 aromatic rings. The maximum atomic E-state index is 13.5. The van der Waals surface area contributed by atoms with E-state index in [1.165, 1.54) is 5.56 Å². The van der Waals surface area contributed by atoms with Gasteiger partial charge in [-0.05, 0) is 66.8 Å². The summed E-state index contributed by atoms with van der Waals surface area (Å²) in [6.45, 7) is 6.43. The van der Waals surface area contributed by atoms with E-state index in [0.29, 0.717) is 11.5 Å². The average molecular weight is 517 g/mol. The van der Waals surface area contributed by atoms with Crippen molar-refractivity contribution in [3.63, 3.8) is 0 Å². The van der Waals surface area contributed by atoms with Crippen LogP contribution >= 0.6 is 15.9 Å². The Balaban J connectivity index is 1.69. The number of nitrogens with one attached hydrogen (secondary N) is 1. The van der Waals surface area contributed by atoms with E-state index < -0.39 is 0 Å². The number of amides is 1. The van der Waals surface area contributed by atoms with Gasteiger partial charge in [0.25, 0.3) is 5.91 Å². The predicted octanol–water partition coefficient (Wildman–Crippen LogP) is 7.68. The van der Waals surface area contributed by atoms with Gasteiger partial charge in [-0.25, -0.2) is 4.98 Å². The van der Waals surface area contributed by atoms with E-state index in [-0.39, 0.29) is 11.9 Å². The zero-order chi connectivity index (χ0) is 24.2. The van der Waals surface area contributed by atoms with Crippen LogP contribution in [0, 0.1) is 0 Å². The molecule has 174 valence electrons. The van der Waals surface area contributed by atoms with Gasteiger partial charge in [0.2, 0.25) is 0 Å². The average Bonchev–Trinajstić information content (AvgIpc) is 2.87. The van der Waals surface area contributed by atoms with Gasteiger partial charge in [0.15, 0.2) is 0 Å². The van der Waals surface area contributed by atoms with Crippen LogP contribution in [0.25, 0.3) is 22.2 Å². The molecular weight excluding hydrogens is 488 g/mol. The Hall–Kier alpha value is -3.18. The highest BCUT2D eigenvalue weighted by molar-refractivity contribution is 9.10. The van der Waals surface area contributed by atoms with Crippen LogP contribution in [0.1, 0.15) is 60.6 Å². The van der Waals surface area contributed by atoms with Crippen molar-refractivity contribution < 1.29 is 9.53 Å². The van der Waals surface area contributed by atoms with Gasteiger partial charge in [-0.15, -0.1) is 0 Å². The quantitative estimate of drug-likeness (QED) is 0.274. The van der Waals surface area contributed by atoms with Crippen molar-refractivity contribution in [3.05, 3.63) is 94.0 Å². The Morgan fingerprint density at radius 1 is 1.00 bits per heavy atom. The number of methoxy groups -OCH3 is 1. The number of nitrogens with zero attached hydrogens (tertiary/aromatic N) is 1. The summed E-state index contributed by atoms with van der Waals surface area (Å²) in [5, 5.41) is 3.98. The first-order valence-corrected chi connectivity index (χ1v) is 12.3. The Bertz CT molecular complexity index is 1320. The molecule has 5 heteroatoms. The fraction of sp³-hybridized carbons (Fsp3) is 0.241. The van der Waals surface area contributed by atoms with Crippen LogP contribution in [-0.4, -0.2) is 18.0 Å². The minimum Gasteiger partial charge on any atom is -0.497 e. The van der Waals surface area contributed by atoms with E-state index in [9.17, 15) is 4.79 Å². The van der Waals surface area contributed by atoms with Crippen LogP contribution in [0.5, 0.6) is 5.75 Å². The SMILES string of the molecule is CC[C@H](C)c1ccc([C@H](C)NC(=O)c2cc(-c3cccc(OC)c3)nc3ccc(Br)cc23)cc1. The second-order valence-corrected chi connectivity index (χ2v) is 9.54. The number of pyridine rings is 1. The number of hydrogen-bond acceptors (Lipinski definition) is 3. The van der Waals surface area contributed by atoms with Crippen molar-refractivity contribution in [1.29, 1.82) is 0 Å². The first-order chi connectivity index (χ1) is 16.4. The Kier molecular flexibility index (Phi) is 7.32. The van der Waals surface area contributed by atoms with E-state index in [2.05, 4.69) is 59.4 Å². The first kappa shape index (κ1) is 24.0. The summed E-state index contributed by atoms with van der Waals surface area (Å²) in [5.41, 5.74) is 5.37. The van der Waals surface area contributed by atoms with Crippen molar-refractivity contribution in [2.24, 2.45) is 0 Å². The highest BCUT2D eigenvalue weighted by Crippen LogP contribution is 2.29. The summed E-state index contributed by atoms with van der Waals surface area (Å²) < 4.78 is 6.28. The molecule has 34 heavy (non-hydrogen) atoms. The minimum absolute atomic E-state index is 0.130. The molecule has 4 nitrogen and oxygen atoms in total. The normalized spacial score (nSPS) is 12.9. The number of carbonyl (C=O) groups excluding carboxylic acids is 1. The van der Waals surface area contributed by atoms with Crippen LogP contribution in [-0.2, 0) is 0 Å². The zero-order valence-corrected chi connectivity index (χ0v) is 21.5. The second-order valence-electron chi connectivity index (χ2n) is 8.62. The number of benzene rings is 3. The maximum absolute atomic E-state index is 13.5. The highest BCUT2D eigenvalue weighted by Gasteiger charge is 2.18. The van der Waals surface area contributed by atoms with Gasteiger partial charge in [0.05, 0.1) is 29.9 Å². The lowest BCUT2D eigenvalue weighted by Crippen LogP contribution is -2.27. The molecule has 1 heterocycles. The largest absolute Gasteiger partial charge is 0.497 e. The molecule has 0 fully saturated rings. The molecule has 4 rings (SSSR count). The summed E-state index contributed by atoms with van der Waals surface area (Å²) in [5.74, 6) is 1.14. The number of hydrogen-bond donors (Lipinski definition) is 1. The standard InChI is InChI=1S/C29H29BrN2O2/c1-5-18(2)20-9-11-21(12-10-20)19(3)31-29(33)26-17-28(22-7-6-8-24(15-22)34-4)32-27-14-13-23(30)16-25(26)27/h6-19H,5H2,1-4H3,(H,31,33)/t18-,19-/m0/s1. The van der Waals surface area contributed by atoms with E-state index >= 15 is 0 Å². The Morgan fingerprint density at radius 3 is 2.44 bits per heavy atom. The number of fused-ring (bicyclic) bond motifs is 1. The molecule has 0 radical (unpaired) electrons. The molecule has 1 amide bonds. The van der Waals surface area contributed by atoms with Gasteiger partial charge < -0.3 is 10.1 Å². The summed E-state index contributed by atoms with van der Waals surface area (Å²) in [4.78, 5) is 18.3. The molecular formula is C29H29BrN2O2. The van der Waals surface area contributed by atoms with Crippen molar-refractivity contribution in [1.82, 2.24) is 10.3 Å². The van der Waals surface area contributed by atoms with Gasteiger partial charge in [-0.2, -0.15) is 0 Å². The van der Waals surface area contributed by atoms with E-state index in [0.717, 1.165) is 44.4 Å². The molecule has 0 bridgehead atoms. The molecule has 0 aliphatic carbocycles. The smallest absolute Gasteiger partial charge is 0.252 e. The third kappa shape index (κ3) is 5.15. The fourth-order valence-corrected chi connectivity index (χ4v) is 4.38. The molecule has 0 spiro atoms. The molecule has 0 saturated carbocycles. The maximum Gasteiger partial charge on any atom is 0.252 e. The first-order valence-electron chi connectivity index (χ1n) is 11.5. The molecule has 0 unspecified atom stereocenters. The van der Waals surface area contributed by atoms with Gasteiger partial charge in [0.1, 0.15) is 5.75 Å². The number of carbonyl (C=O) groups is 1. The Morgan fingerprint density at radius 2 is 1.74 bits per heavy atom. The van der Waals surface area contributed by atoms with E-state index in [1.807, 2.05) is 55.5 Å². The molecule has 2 atom stereocenters. The summed E-state index contributed by atoms with van der Waals surface area (Å²) >= 11 is 3.53. The van der Waals surface area contributed by atoms with Gasteiger partial charge in [-0.1, -0.05) is 66.2 Å². The minimum atomic E-state index is -0.131. The molecule has 0 aliphatic heterocycles. The zero-order valence-electron chi connectivity index (χ0n) is 19.9. The molecule has 1 aromatic heterocycles. The predicted molar refractivity (Wildman–Crippen MR) is 142 cm³/mol. The number of aromatic nitrogens is 1. The number of halogens is 1. The molecule has 1 N–H and O–H groups in total. The summed E-state index contributed by atoms with van der Waals surface area (Å²) in [6.07, 6.45) is 1.10. The van der Waals surface area contributed by atoms with Crippen molar-refractivity contribution in [2.45, 2.75) is 39.2 Å². The van der Waals surface area contributed by atoms with Crippen LogP contribution in [0.3, 0.4) is 0 Å². The molecule has 0 saturated heterocycles. The van der Waals surface area contributed by atoms with Gasteiger partial charge in [0, 0.05) is 15.4 Å². The number of rotatable bonds is 7. The van der Waals surface area contributed by atoms with Crippen molar-refractivity contribution >= 4 is 32.7 Å². The van der Waals surface area contributed by atoms with E-state index in [4.69, 9.17) is 9.72 Å². The molecule has 3 aromatic carbocycles. The van der Waals surface area contributed by atoms with Gasteiger partial charge >= 0.3 is 0 Å². The van der Waals surface area contributed by atoms with Crippen molar-refractivity contribution in [2.75, 3.05) is 7.11 Å². The lowest BCUT2D eigenvalue weighted by molar-refractivity contribution is 0.0941. The van der Waals surface area contributed by atoms with Crippen LogP contribution in [0.2, 0.25) is 0 Å². The van der Waals surface area contributed by atoms with Crippen molar-refractivity contribution in [3.8, 4) is 17.0 Å². The topological polar surface area (TPSA) is 51.2 Å². The third-order valence-corrected chi connectivity index (χ3v) is 6.84. The Labute approximate surface area is 209 Å². The number of ether oxygens (including phenoxy) is 1. The van der Waals surface area contributed by atoms with Gasteiger partial charge in [-0.3, -0.25) is 4.79 Å². The van der Waals surface area contributed by atoms with Crippen LogP contribution in [0.15, 0.2) is 77.3 Å². The van der Waals surface area contributed by atoms with Crippen LogP contribution < -0.4 is 10.1 Å².